The van der Waals surface area contributed by atoms with Crippen LogP contribution in [0.2, 0.25) is 5.02 Å². The monoisotopic (exact) mass is 249 g/mol. The zero-order valence-corrected chi connectivity index (χ0v) is 9.54. The van der Waals surface area contributed by atoms with Crippen molar-refractivity contribution >= 4 is 17.5 Å². The predicted molar refractivity (Wildman–Crippen MR) is 65.4 cm³/mol. The molecule has 2 nitrogen and oxygen atoms in total. The van der Waals surface area contributed by atoms with E-state index in [1.54, 1.807) is 30.3 Å². The van der Waals surface area contributed by atoms with Crippen molar-refractivity contribution in [1.82, 2.24) is 0 Å². The minimum Gasteiger partial charge on any atom is -0.366 e. The van der Waals surface area contributed by atoms with E-state index in [-0.39, 0.29) is 5.82 Å². The molecule has 0 unspecified atom stereocenters. The first-order chi connectivity index (χ1) is 8.08. The number of hydrogen-bond acceptors (Lipinski definition) is 1. The molecule has 0 aliphatic rings. The summed E-state index contributed by atoms with van der Waals surface area (Å²) >= 11 is 5.88. The Kier molecular flexibility index (Phi) is 3.11. The van der Waals surface area contributed by atoms with Gasteiger partial charge in [-0.2, -0.15) is 0 Å². The van der Waals surface area contributed by atoms with Crippen LogP contribution in [-0.2, 0) is 0 Å². The molecule has 0 bridgehead atoms. The molecule has 0 spiro atoms. The Hall–Kier alpha value is -1.87. The highest BCUT2D eigenvalue weighted by Crippen LogP contribution is 2.27. The SMILES string of the molecule is NC(=O)c1ccc(Cl)cc1-c1ccc(F)cc1. The minimum atomic E-state index is -0.541. The maximum absolute atomic E-state index is 12.8. The number of primary amides is 1. The highest BCUT2D eigenvalue weighted by molar-refractivity contribution is 6.31. The van der Waals surface area contributed by atoms with Crippen molar-refractivity contribution in [1.29, 1.82) is 0 Å². The Morgan fingerprint density at radius 1 is 1.12 bits per heavy atom. The lowest BCUT2D eigenvalue weighted by Gasteiger charge is -2.07. The van der Waals surface area contributed by atoms with Gasteiger partial charge in [-0.05, 0) is 41.5 Å². The number of carbonyl (C=O) groups is 1. The normalized spacial score (nSPS) is 10.2. The molecular formula is C13H9ClFNO. The summed E-state index contributed by atoms with van der Waals surface area (Å²) in [7, 11) is 0. The molecule has 0 radical (unpaired) electrons. The molecular weight excluding hydrogens is 241 g/mol. The fourth-order valence-electron chi connectivity index (χ4n) is 1.60. The van der Waals surface area contributed by atoms with E-state index < -0.39 is 5.91 Å². The topological polar surface area (TPSA) is 43.1 Å². The number of carbonyl (C=O) groups excluding carboxylic acids is 1. The number of hydrogen-bond donors (Lipinski definition) is 1. The predicted octanol–water partition coefficient (Wildman–Crippen LogP) is 3.25. The standard InChI is InChI=1S/C13H9ClFNO/c14-9-3-6-11(13(16)17)12(7-9)8-1-4-10(15)5-2-8/h1-7H,(H2,16,17). The second kappa shape index (κ2) is 4.55. The molecule has 0 aromatic heterocycles. The van der Waals surface area contributed by atoms with E-state index in [0.717, 1.165) is 0 Å². The summed E-state index contributed by atoms with van der Waals surface area (Å²) in [6.45, 7) is 0. The van der Waals surface area contributed by atoms with Crippen molar-refractivity contribution in [3.63, 3.8) is 0 Å². The van der Waals surface area contributed by atoms with E-state index in [9.17, 15) is 9.18 Å². The van der Waals surface area contributed by atoms with E-state index in [0.29, 0.717) is 21.7 Å². The highest BCUT2D eigenvalue weighted by Gasteiger charge is 2.10. The van der Waals surface area contributed by atoms with Crippen molar-refractivity contribution in [2.45, 2.75) is 0 Å². The lowest BCUT2D eigenvalue weighted by molar-refractivity contribution is 0.100. The van der Waals surface area contributed by atoms with Crippen molar-refractivity contribution < 1.29 is 9.18 Å². The molecule has 0 heterocycles. The van der Waals surface area contributed by atoms with Gasteiger partial charge in [-0.3, -0.25) is 4.79 Å². The number of halogens is 2. The summed E-state index contributed by atoms with van der Waals surface area (Å²) in [6, 6.07) is 10.6. The Labute approximate surface area is 103 Å². The van der Waals surface area contributed by atoms with Gasteiger partial charge >= 0.3 is 0 Å². The van der Waals surface area contributed by atoms with Crippen LogP contribution >= 0.6 is 11.6 Å². The number of benzene rings is 2. The second-order valence-corrected chi connectivity index (χ2v) is 4.00. The molecule has 2 aromatic rings. The Morgan fingerprint density at radius 2 is 1.76 bits per heavy atom. The fraction of sp³-hybridized carbons (Fsp3) is 0. The Morgan fingerprint density at radius 3 is 2.35 bits per heavy atom. The van der Waals surface area contributed by atoms with Gasteiger partial charge in [0, 0.05) is 10.6 Å². The molecule has 2 aromatic carbocycles. The highest BCUT2D eigenvalue weighted by atomic mass is 35.5. The third kappa shape index (κ3) is 2.45. The first-order valence-electron chi connectivity index (χ1n) is 4.93. The summed E-state index contributed by atoms with van der Waals surface area (Å²) in [5.41, 5.74) is 6.94. The van der Waals surface area contributed by atoms with Gasteiger partial charge in [0.05, 0.1) is 0 Å². The average Bonchev–Trinajstić information content (AvgIpc) is 2.29. The van der Waals surface area contributed by atoms with Gasteiger partial charge in [-0.1, -0.05) is 23.7 Å². The Bertz CT molecular complexity index is 566. The average molecular weight is 250 g/mol. The van der Waals surface area contributed by atoms with Crippen LogP contribution in [0.15, 0.2) is 42.5 Å². The van der Waals surface area contributed by atoms with E-state index in [1.165, 1.54) is 12.1 Å². The molecule has 86 valence electrons. The van der Waals surface area contributed by atoms with Crippen molar-refractivity contribution in [2.75, 3.05) is 0 Å². The van der Waals surface area contributed by atoms with Gasteiger partial charge in [0.15, 0.2) is 0 Å². The summed E-state index contributed by atoms with van der Waals surface area (Å²) in [5, 5.41) is 0.495. The summed E-state index contributed by atoms with van der Waals surface area (Å²) in [4.78, 5) is 11.3. The van der Waals surface area contributed by atoms with Crippen LogP contribution in [0, 0.1) is 5.82 Å². The van der Waals surface area contributed by atoms with Crippen molar-refractivity contribution in [3.05, 3.63) is 58.9 Å². The molecule has 4 heteroatoms. The van der Waals surface area contributed by atoms with Crippen LogP contribution in [-0.4, -0.2) is 5.91 Å². The summed E-state index contributed by atoms with van der Waals surface area (Å²) < 4.78 is 12.8. The minimum absolute atomic E-state index is 0.337. The lowest BCUT2D eigenvalue weighted by Crippen LogP contribution is -2.12. The van der Waals surface area contributed by atoms with Gasteiger partial charge in [0.25, 0.3) is 0 Å². The fourth-order valence-corrected chi connectivity index (χ4v) is 1.77. The molecule has 2 N–H and O–H groups in total. The largest absolute Gasteiger partial charge is 0.366 e. The molecule has 17 heavy (non-hydrogen) atoms. The summed E-state index contributed by atoms with van der Waals surface area (Å²) in [5.74, 6) is -0.877. The van der Waals surface area contributed by atoms with Crippen LogP contribution in [0.3, 0.4) is 0 Å². The molecule has 2 rings (SSSR count). The van der Waals surface area contributed by atoms with Gasteiger partial charge in [-0.15, -0.1) is 0 Å². The molecule has 0 atom stereocenters. The van der Waals surface area contributed by atoms with Crippen LogP contribution in [0.4, 0.5) is 4.39 Å². The van der Waals surface area contributed by atoms with Crippen LogP contribution in [0.1, 0.15) is 10.4 Å². The number of amides is 1. The molecule has 0 fully saturated rings. The third-order valence-electron chi connectivity index (χ3n) is 2.40. The first kappa shape index (κ1) is 11.6. The van der Waals surface area contributed by atoms with Crippen LogP contribution in [0.25, 0.3) is 11.1 Å². The van der Waals surface area contributed by atoms with E-state index in [4.69, 9.17) is 17.3 Å². The zero-order chi connectivity index (χ0) is 12.4. The second-order valence-electron chi connectivity index (χ2n) is 3.56. The van der Waals surface area contributed by atoms with E-state index in [2.05, 4.69) is 0 Å². The quantitative estimate of drug-likeness (QED) is 0.872. The van der Waals surface area contributed by atoms with Crippen molar-refractivity contribution in [3.8, 4) is 11.1 Å². The lowest BCUT2D eigenvalue weighted by atomic mass is 9.99. The molecule has 0 aliphatic carbocycles. The zero-order valence-electron chi connectivity index (χ0n) is 8.78. The van der Waals surface area contributed by atoms with E-state index in [1.807, 2.05) is 0 Å². The van der Waals surface area contributed by atoms with Crippen LogP contribution < -0.4 is 5.73 Å². The molecule has 0 aliphatic heterocycles. The van der Waals surface area contributed by atoms with Gasteiger partial charge in [0.1, 0.15) is 5.82 Å². The summed E-state index contributed by atoms with van der Waals surface area (Å²) in [6.07, 6.45) is 0. The molecule has 0 saturated carbocycles. The number of rotatable bonds is 2. The smallest absolute Gasteiger partial charge is 0.249 e. The Balaban J connectivity index is 2.60. The van der Waals surface area contributed by atoms with Crippen LogP contribution in [0.5, 0.6) is 0 Å². The third-order valence-corrected chi connectivity index (χ3v) is 2.64. The molecule has 1 amide bonds. The molecule has 0 saturated heterocycles. The maximum atomic E-state index is 12.8. The first-order valence-corrected chi connectivity index (χ1v) is 5.31. The number of nitrogens with two attached hydrogens (primary N) is 1. The van der Waals surface area contributed by atoms with Gasteiger partial charge in [-0.25, -0.2) is 4.39 Å². The van der Waals surface area contributed by atoms with Gasteiger partial charge < -0.3 is 5.73 Å². The maximum Gasteiger partial charge on any atom is 0.249 e. The van der Waals surface area contributed by atoms with Gasteiger partial charge in [0.2, 0.25) is 5.91 Å². The van der Waals surface area contributed by atoms with E-state index >= 15 is 0 Å². The van der Waals surface area contributed by atoms with Crippen molar-refractivity contribution in [2.24, 2.45) is 5.73 Å².